The minimum Gasteiger partial charge on any atom is -0.383 e. The topological polar surface area (TPSA) is 179 Å². The normalized spacial score (nSPS) is 13.0. The number of phosphoric ester groups is 1. The molecule has 0 bridgehead atoms. The van der Waals surface area contributed by atoms with Gasteiger partial charge in [-0.05, 0) is 12.8 Å². The molecule has 0 aromatic carbocycles. The van der Waals surface area contributed by atoms with Gasteiger partial charge in [0.25, 0.3) is 0 Å². The van der Waals surface area contributed by atoms with Crippen molar-refractivity contribution in [2.75, 3.05) is 31.2 Å². The smallest absolute Gasteiger partial charge is 0.383 e. The number of carbonyl (C=O) groups is 2. The SMILES string of the molecule is CCCCCCC#CCS(=O)(=O)CCCNC(=O)CCNC(=O)[C@H](O)C(C)(C)COP(=O)(O)O. The van der Waals surface area contributed by atoms with E-state index in [9.17, 15) is 27.7 Å². The van der Waals surface area contributed by atoms with Gasteiger partial charge in [0.15, 0.2) is 9.84 Å². The summed E-state index contributed by atoms with van der Waals surface area (Å²) < 4.78 is 39.1. The van der Waals surface area contributed by atoms with Crippen LogP contribution >= 0.6 is 7.82 Å². The molecule has 1 atom stereocenters. The molecule has 0 saturated carbocycles. The highest BCUT2D eigenvalue weighted by atomic mass is 32.2. The zero-order valence-electron chi connectivity index (χ0n) is 20.2. The van der Waals surface area contributed by atoms with Gasteiger partial charge < -0.3 is 25.5 Å². The second kappa shape index (κ2) is 16.2. The zero-order valence-corrected chi connectivity index (χ0v) is 21.9. The fraction of sp³-hybridized carbons (Fsp3) is 0.810. The second-order valence-corrected chi connectivity index (χ2v) is 12.1. The summed E-state index contributed by atoms with van der Waals surface area (Å²) in [5.41, 5.74) is -1.28. The third kappa shape index (κ3) is 17.0. The fourth-order valence-electron chi connectivity index (χ4n) is 2.65. The van der Waals surface area contributed by atoms with Crippen LogP contribution in [0.5, 0.6) is 0 Å². The number of aliphatic hydroxyl groups excluding tert-OH is 1. The van der Waals surface area contributed by atoms with Crippen molar-refractivity contribution in [2.24, 2.45) is 5.41 Å². The molecule has 0 spiro atoms. The summed E-state index contributed by atoms with van der Waals surface area (Å²) in [6, 6.07) is 0. The lowest BCUT2D eigenvalue weighted by Crippen LogP contribution is -2.46. The zero-order chi connectivity index (χ0) is 26.3. The summed E-state index contributed by atoms with van der Waals surface area (Å²) >= 11 is 0. The van der Waals surface area contributed by atoms with E-state index in [4.69, 9.17) is 9.79 Å². The molecule has 13 heteroatoms. The van der Waals surface area contributed by atoms with Gasteiger partial charge in [-0.2, -0.15) is 0 Å². The Kier molecular flexibility index (Phi) is 15.5. The summed E-state index contributed by atoms with van der Waals surface area (Å²) in [5, 5.41) is 15.0. The van der Waals surface area contributed by atoms with E-state index in [1.807, 2.05) is 0 Å². The van der Waals surface area contributed by atoms with Gasteiger partial charge in [0.1, 0.15) is 11.9 Å². The highest BCUT2D eigenvalue weighted by molar-refractivity contribution is 7.91. The first-order chi connectivity index (χ1) is 15.7. The van der Waals surface area contributed by atoms with Crippen LogP contribution in [0.2, 0.25) is 0 Å². The molecule has 0 aliphatic heterocycles. The van der Waals surface area contributed by atoms with E-state index in [-0.39, 0.29) is 37.4 Å². The Morgan fingerprint density at radius 2 is 1.74 bits per heavy atom. The number of unbranched alkanes of at least 4 members (excludes halogenated alkanes) is 4. The van der Waals surface area contributed by atoms with Gasteiger partial charge in [0, 0.05) is 31.3 Å². The predicted molar refractivity (Wildman–Crippen MR) is 128 cm³/mol. The molecule has 198 valence electrons. The standard InChI is InChI=1S/C21H39N2O9PS/c1-4-5-6-7-8-9-10-15-34(30,31)16-11-13-22-18(24)12-14-23-20(26)19(25)21(2,3)17-32-33(27,28)29/h19,25H,4-8,11-17H2,1-3H3,(H,22,24)(H,23,26)(H2,27,28,29)/t19-/m0/s1. The molecule has 0 aromatic heterocycles. The monoisotopic (exact) mass is 526 g/mol. The van der Waals surface area contributed by atoms with Gasteiger partial charge in [-0.1, -0.05) is 46.0 Å². The molecule has 2 amide bonds. The van der Waals surface area contributed by atoms with Crippen LogP contribution in [0, 0.1) is 17.3 Å². The van der Waals surface area contributed by atoms with Crippen molar-refractivity contribution in [3.63, 3.8) is 0 Å². The van der Waals surface area contributed by atoms with E-state index in [1.54, 1.807) is 0 Å². The number of hydrogen-bond acceptors (Lipinski definition) is 7. The Hall–Kier alpha value is -1.48. The van der Waals surface area contributed by atoms with Crippen molar-refractivity contribution >= 4 is 29.5 Å². The quantitative estimate of drug-likeness (QED) is 0.104. The van der Waals surface area contributed by atoms with Crippen molar-refractivity contribution in [2.45, 2.75) is 71.8 Å². The molecule has 0 aliphatic rings. The Labute approximate surface area is 202 Å². The lowest BCUT2D eigenvalue weighted by molar-refractivity contribution is -0.137. The van der Waals surface area contributed by atoms with E-state index in [1.165, 1.54) is 13.8 Å². The number of phosphoric acid groups is 1. The van der Waals surface area contributed by atoms with Crippen LogP contribution in [-0.4, -0.2) is 72.4 Å². The Morgan fingerprint density at radius 1 is 1.06 bits per heavy atom. The molecular weight excluding hydrogens is 487 g/mol. The third-order valence-corrected chi connectivity index (χ3v) is 6.73. The van der Waals surface area contributed by atoms with Crippen LogP contribution in [-0.2, 0) is 28.5 Å². The Bertz CT molecular complexity index is 844. The van der Waals surface area contributed by atoms with E-state index < -0.39 is 47.6 Å². The van der Waals surface area contributed by atoms with Gasteiger partial charge in [0.2, 0.25) is 11.8 Å². The molecule has 0 rings (SSSR count). The third-order valence-electron chi connectivity index (χ3n) is 4.77. The fourth-order valence-corrected chi connectivity index (χ4v) is 4.20. The molecular formula is C21H39N2O9PS. The molecule has 11 nitrogen and oxygen atoms in total. The average Bonchev–Trinajstić information content (AvgIpc) is 2.73. The lowest BCUT2D eigenvalue weighted by Gasteiger charge is -2.29. The van der Waals surface area contributed by atoms with Crippen LogP contribution in [0.1, 0.15) is 65.7 Å². The molecule has 0 aliphatic carbocycles. The van der Waals surface area contributed by atoms with E-state index in [2.05, 4.69) is 33.9 Å². The van der Waals surface area contributed by atoms with Crippen molar-refractivity contribution in [3.8, 4) is 11.8 Å². The molecule has 34 heavy (non-hydrogen) atoms. The van der Waals surface area contributed by atoms with Crippen LogP contribution in [0.25, 0.3) is 0 Å². The molecule has 0 radical (unpaired) electrons. The first-order valence-corrected chi connectivity index (χ1v) is 14.6. The van der Waals surface area contributed by atoms with Crippen LogP contribution in [0.4, 0.5) is 0 Å². The maximum Gasteiger partial charge on any atom is 0.469 e. The first kappa shape index (κ1) is 32.5. The largest absolute Gasteiger partial charge is 0.469 e. The second-order valence-electron chi connectivity index (χ2n) is 8.66. The Balaban J connectivity index is 4.11. The molecule has 0 heterocycles. The number of hydrogen-bond donors (Lipinski definition) is 5. The van der Waals surface area contributed by atoms with Gasteiger partial charge in [-0.15, -0.1) is 5.92 Å². The molecule has 0 unspecified atom stereocenters. The molecule has 0 saturated heterocycles. The summed E-state index contributed by atoms with van der Waals surface area (Å²) in [5.74, 6) is 4.07. The maximum absolute atomic E-state index is 12.0. The lowest BCUT2D eigenvalue weighted by atomic mass is 9.87. The van der Waals surface area contributed by atoms with Crippen LogP contribution < -0.4 is 10.6 Å². The van der Waals surface area contributed by atoms with Gasteiger partial charge in [-0.3, -0.25) is 14.1 Å². The molecule has 0 aromatic rings. The number of sulfone groups is 1. The summed E-state index contributed by atoms with van der Waals surface area (Å²) in [6.07, 6.45) is 3.57. The molecule has 0 fully saturated rings. The van der Waals surface area contributed by atoms with Crippen molar-refractivity contribution < 1.29 is 42.0 Å². The number of amides is 2. The number of rotatable bonds is 17. The van der Waals surface area contributed by atoms with Gasteiger partial charge in [-0.25, -0.2) is 13.0 Å². The first-order valence-electron chi connectivity index (χ1n) is 11.3. The number of aliphatic hydroxyl groups is 1. The average molecular weight is 527 g/mol. The minimum atomic E-state index is -4.74. The van der Waals surface area contributed by atoms with E-state index in [0.29, 0.717) is 6.42 Å². The van der Waals surface area contributed by atoms with Crippen LogP contribution in [0.15, 0.2) is 0 Å². The Morgan fingerprint density at radius 3 is 2.35 bits per heavy atom. The number of carbonyl (C=O) groups excluding carboxylic acids is 2. The number of nitrogens with one attached hydrogen (secondary N) is 2. The highest BCUT2D eigenvalue weighted by Gasteiger charge is 2.35. The summed E-state index contributed by atoms with van der Waals surface area (Å²) in [4.78, 5) is 41.3. The highest BCUT2D eigenvalue weighted by Crippen LogP contribution is 2.38. The predicted octanol–water partition coefficient (Wildman–Crippen LogP) is 0.884. The maximum atomic E-state index is 12.0. The van der Waals surface area contributed by atoms with E-state index in [0.717, 1.165) is 25.7 Å². The summed E-state index contributed by atoms with van der Waals surface area (Å²) in [7, 11) is -8.05. The van der Waals surface area contributed by atoms with Crippen molar-refractivity contribution in [1.29, 1.82) is 0 Å². The summed E-state index contributed by atoms with van der Waals surface area (Å²) in [6.45, 7) is 4.43. The van der Waals surface area contributed by atoms with Gasteiger partial charge >= 0.3 is 7.82 Å². The molecule has 5 N–H and O–H groups in total. The van der Waals surface area contributed by atoms with Crippen molar-refractivity contribution in [3.05, 3.63) is 0 Å². The van der Waals surface area contributed by atoms with E-state index >= 15 is 0 Å². The minimum absolute atomic E-state index is 0.0801. The van der Waals surface area contributed by atoms with Crippen molar-refractivity contribution in [1.82, 2.24) is 10.6 Å². The van der Waals surface area contributed by atoms with Crippen LogP contribution in [0.3, 0.4) is 0 Å². The van der Waals surface area contributed by atoms with Gasteiger partial charge in [0.05, 0.1) is 12.4 Å².